The fourth-order valence-corrected chi connectivity index (χ4v) is 4.88. The molecule has 0 spiro atoms. The molecule has 0 radical (unpaired) electrons. The normalized spacial score (nSPS) is 11.1. The van der Waals surface area contributed by atoms with Crippen molar-refractivity contribution in [3.05, 3.63) is 83.1 Å². The summed E-state index contributed by atoms with van der Waals surface area (Å²) < 4.78 is 52.4. The first kappa shape index (κ1) is 26.3. The minimum absolute atomic E-state index is 0.0129. The summed E-state index contributed by atoms with van der Waals surface area (Å²) in [6.45, 7) is 4.25. The molecule has 0 bridgehead atoms. The van der Waals surface area contributed by atoms with E-state index in [9.17, 15) is 17.6 Å². The van der Waals surface area contributed by atoms with E-state index in [1.165, 1.54) is 24.3 Å². The van der Waals surface area contributed by atoms with Gasteiger partial charge in [0, 0.05) is 6.54 Å². The summed E-state index contributed by atoms with van der Waals surface area (Å²) in [6, 6.07) is 16.4. The second kappa shape index (κ2) is 11.9. The van der Waals surface area contributed by atoms with Crippen molar-refractivity contribution in [3.63, 3.8) is 0 Å². The van der Waals surface area contributed by atoms with Crippen molar-refractivity contribution in [2.75, 3.05) is 24.1 Å². The molecule has 0 atom stereocenters. The fourth-order valence-electron chi connectivity index (χ4n) is 3.27. The standard InChI is InChI=1S/C25H26ClFN2O5S/c1-3-33-23-13-10-18(14-24(23)34-4-2)16-28-25(30)17-29(19-11-12-22(27)21(26)15-19)35(31,32)20-8-6-5-7-9-20/h5-15H,3-4,16-17H2,1-2H3,(H,28,30). The van der Waals surface area contributed by atoms with Crippen molar-refractivity contribution in [2.24, 2.45) is 0 Å². The van der Waals surface area contributed by atoms with Gasteiger partial charge in [-0.15, -0.1) is 0 Å². The molecule has 0 fully saturated rings. The molecule has 35 heavy (non-hydrogen) atoms. The van der Waals surface area contributed by atoms with Crippen molar-refractivity contribution in [2.45, 2.75) is 25.3 Å². The summed E-state index contributed by atoms with van der Waals surface area (Å²) in [5.74, 6) is -0.109. The van der Waals surface area contributed by atoms with Crippen LogP contribution in [0.25, 0.3) is 0 Å². The Morgan fingerprint density at radius 1 is 0.971 bits per heavy atom. The Morgan fingerprint density at radius 3 is 2.31 bits per heavy atom. The minimum Gasteiger partial charge on any atom is -0.490 e. The van der Waals surface area contributed by atoms with Crippen molar-refractivity contribution in [1.29, 1.82) is 0 Å². The number of carbonyl (C=O) groups excluding carboxylic acids is 1. The number of carbonyl (C=O) groups is 1. The van der Waals surface area contributed by atoms with Crippen LogP contribution in [0.3, 0.4) is 0 Å². The molecule has 0 unspecified atom stereocenters. The zero-order valence-electron chi connectivity index (χ0n) is 19.3. The number of amides is 1. The van der Waals surface area contributed by atoms with Gasteiger partial charge in [0.15, 0.2) is 11.5 Å². The first-order valence-electron chi connectivity index (χ1n) is 10.9. The zero-order valence-corrected chi connectivity index (χ0v) is 20.9. The molecule has 10 heteroatoms. The highest BCUT2D eigenvalue weighted by Crippen LogP contribution is 2.29. The van der Waals surface area contributed by atoms with Crippen LogP contribution in [0.4, 0.5) is 10.1 Å². The number of ether oxygens (including phenoxy) is 2. The van der Waals surface area contributed by atoms with Crippen LogP contribution in [-0.4, -0.2) is 34.1 Å². The van der Waals surface area contributed by atoms with E-state index in [1.807, 2.05) is 13.8 Å². The molecule has 0 heterocycles. The predicted molar refractivity (Wildman–Crippen MR) is 133 cm³/mol. The molecule has 0 aliphatic heterocycles. The Kier molecular flexibility index (Phi) is 8.95. The summed E-state index contributed by atoms with van der Waals surface area (Å²) in [5, 5.41) is 2.47. The third-order valence-electron chi connectivity index (χ3n) is 4.91. The Balaban J connectivity index is 1.82. The smallest absolute Gasteiger partial charge is 0.264 e. The largest absolute Gasteiger partial charge is 0.490 e. The average molecular weight is 521 g/mol. The van der Waals surface area contributed by atoms with Gasteiger partial charge in [0.1, 0.15) is 12.4 Å². The van der Waals surface area contributed by atoms with E-state index in [0.717, 1.165) is 15.9 Å². The van der Waals surface area contributed by atoms with Crippen LogP contribution in [0, 0.1) is 5.82 Å². The van der Waals surface area contributed by atoms with Crippen LogP contribution >= 0.6 is 11.6 Å². The molecule has 0 aliphatic carbocycles. The summed E-state index contributed by atoms with van der Waals surface area (Å²) in [6.07, 6.45) is 0. The number of hydrogen-bond acceptors (Lipinski definition) is 5. The van der Waals surface area contributed by atoms with Crippen LogP contribution in [0.15, 0.2) is 71.6 Å². The number of halogens is 2. The van der Waals surface area contributed by atoms with E-state index in [4.69, 9.17) is 21.1 Å². The highest BCUT2D eigenvalue weighted by Gasteiger charge is 2.27. The first-order chi connectivity index (χ1) is 16.8. The van der Waals surface area contributed by atoms with Crippen LogP contribution < -0.4 is 19.1 Å². The minimum atomic E-state index is -4.13. The van der Waals surface area contributed by atoms with E-state index in [1.54, 1.807) is 36.4 Å². The predicted octanol–water partition coefficient (Wildman–Crippen LogP) is 4.79. The molecule has 0 saturated heterocycles. The molecule has 3 rings (SSSR count). The monoisotopic (exact) mass is 520 g/mol. The number of benzene rings is 3. The van der Waals surface area contributed by atoms with E-state index >= 15 is 0 Å². The zero-order chi connectivity index (χ0) is 25.4. The lowest BCUT2D eigenvalue weighted by atomic mass is 10.2. The lowest BCUT2D eigenvalue weighted by molar-refractivity contribution is -0.119. The lowest BCUT2D eigenvalue weighted by Gasteiger charge is -2.24. The van der Waals surface area contributed by atoms with E-state index in [-0.39, 0.29) is 22.2 Å². The van der Waals surface area contributed by atoms with E-state index < -0.39 is 28.3 Å². The highest BCUT2D eigenvalue weighted by molar-refractivity contribution is 7.92. The number of nitrogens with one attached hydrogen (secondary N) is 1. The van der Waals surface area contributed by atoms with Gasteiger partial charge in [-0.1, -0.05) is 35.9 Å². The molecule has 1 N–H and O–H groups in total. The molecule has 186 valence electrons. The maximum Gasteiger partial charge on any atom is 0.264 e. The average Bonchev–Trinajstić information content (AvgIpc) is 2.85. The van der Waals surface area contributed by atoms with E-state index in [2.05, 4.69) is 5.32 Å². The van der Waals surface area contributed by atoms with Crippen molar-refractivity contribution in [3.8, 4) is 11.5 Å². The molecular formula is C25H26ClFN2O5S. The van der Waals surface area contributed by atoms with E-state index in [0.29, 0.717) is 24.7 Å². The quantitative estimate of drug-likeness (QED) is 0.393. The Bertz CT molecular complexity index is 1270. The summed E-state index contributed by atoms with van der Waals surface area (Å²) in [7, 11) is -4.13. The van der Waals surface area contributed by atoms with Crippen LogP contribution in [0.5, 0.6) is 11.5 Å². The molecule has 0 aliphatic rings. The topological polar surface area (TPSA) is 84.9 Å². The summed E-state index contributed by atoms with van der Waals surface area (Å²) in [5.41, 5.74) is 0.808. The molecule has 1 amide bonds. The second-order valence-corrected chi connectivity index (χ2v) is 9.62. The van der Waals surface area contributed by atoms with Gasteiger partial charge in [0.2, 0.25) is 5.91 Å². The van der Waals surface area contributed by atoms with Gasteiger partial charge in [-0.05, 0) is 61.9 Å². The number of nitrogens with zero attached hydrogens (tertiary/aromatic N) is 1. The van der Waals surface area contributed by atoms with Crippen molar-refractivity contribution in [1.82, 2.24) is 5.32 Å². The van der Waals surface area contributed by atoms with Crippen LogP contribution in [-0.2, 0) is 21.4 Å². The van der Waals surface area contributed by atoms with Crippen molar-refractivity contribution >= 4 is 33.2 Å². The number of sulfonamides is 1. The van der Waals surface area contributed by atoms with Crippen molar-refractivity contribution < 1.29 is 27.1 Å². The van der Waals surface area contributed by atoms with Crippen LogP contribution in [0.1, 0.15) is 19.4 Å². The maximum absolute atomic E-state index is 13.7. The molecule has 0 aromatic heterocycles. The third-order valence-corrected chi connectivity index (χ3v) is 6.98. The molecular weight excluding hydrogens is 495 g/mol. The van der Waals surface area contributed by atoms with Gasteiger partial charge in [-0.2, -0.15) is 0 Å². The Labute approximate surface area is 209 Å². The Hall–Kier alpha value is -3.30. The number of rotatable bonds is 11. The second-order valence-electron chi connectivity index (χ2n) is 7.35. The molecule has 7 nitrogen and oxygen atoms in total. The maximum atomic E-state index is 13.7. The molecule has 3 aromatic rings. The SMILES string of the molecule is CCOc1ccc(CNC(=O)CN(c2ccc(F)c(Cl)c2)S(=O)(=O)c2ccccc2)cc1OCC. The fraction of sp³-hybridized carbons (Fsp3) is 0.240. The number of hydrogen-bond donors (Lipinski definition) is 1. The lowest BCUT2D eigenvalue weighted by Crippen LogP contribution is -2.40. The highest BCUT2D eigenvalue weighted by atomic mass is 35.5. The van der Waals surface area contributed by atoms with Crippen LogP contribution in [0.2, 0.25) is 5.02 Å². The van der Waals surface area contributed by atoms with Gasteiger partial charge in [-0.3, -0.25) is 9.10 Å². The third kappa shape index (κ3) is 6.64. The number of anilines is 1. The van der Waals surface area contributed by atoms with Gasteiger partial charge in [-0.25, -0.2) is 12.8 Å². The summed E-state index contributed by atoms with van der Waals surface area (Å²) >= 11 is 5.89. The molecule has 0 saturated carbocycles. The summed E-state index contributed by atoms with van der Waals surface area (Å²) in [4.78, 5) is 12.8. The van der Waals surface area contributed by atoms with Gasteiger partial charge < -0.3 is 14.8 Å². The Morgan fingerprint density at radius 2 is 1.66 bits per heavy atom. The van der Waals surface area contributed by atoms with Gasteiger partial charge in [0.25, 0.3) is 10.0 Å². The van der Waals surface area contributed by atoms with Gasteiger partial charge in [0.05, 0.1) is 28.8 Å². The van der Waals surface area contributed by atoms with Gasteiger partial charge >= 0.3 is 0 Å². The molecule has 3 aromatic carbocycles. The first-order valence-corrected chi connectivity index (χ1v) is 12.8.